The van der Waals surface area contributed by atoms with E-state index in [1.54, 1.807) is 11.3 Å². The zero-order valence-electron chi connectivity index (χ0n) is 11.0. The first-order valence-corrected chi connectivity index (χ1v) is 7.51. The third kappa shape index (κ3) is 4.13. The van der Waals surface area contributed by atoms with Gasteiger partial charge in [0.25, 0.3) is 0 Å². The van der Waals surface area contributed by atoms with Crippen LogP contribution in [-0.2, 0) is 6.54 Å². The van der Waals surface area contributed by atoms with E-state index in [1.807, 2.05) is 0 Å². The van der Waals surface area contributed by atoms with Gasteiger partial charge in [-0.05, 0) is 31.9 Å². The van der Waals surface area contributed by atoms with Crippen molar-refractivity contribution in [1.29, 1.82) is 0 Å². The van der Waals surface area contributed by atoms with Crippen molar-refractivity contribution in [3.05, 3.63) is 21.9 Å². The zero-order chi connectivity index (χ0) is 12.8. The first kappa shape index (κ1) is 13.6. The minimum atomic E-state index is -0.0627. The summed E-state index contributed by atoms with van der Waals surface area (Å²) in [6, 6.07) is 2.14. The summed E-state index contributed by atoms with van der Waals surface area (Å²) in [6.07, 6.45) is 5.64. The van der Waals surface area contributed by atoms with Crippen molar-refractivity contribution in [1.82, 2.24) is 4.90 Å². The van der Waals surface area contributed by atoms with E-state index >= 15 is 0 Å². The molecule has 0 unspecified atom stereocenters. The van der Waals surface area contributed by atoms with Crippen LogP contribution in [0.4, 0.5) is 0 Å². The molecule has 1 fully saturated rings. The highest BCUT2D eigenvalue weighted by molar-refractivity contribution is 7.10. The highest BCUT2D eigenvalue weighted by Crippen LogP contribution is 2.26. The van der Waals surface area contributed by atoms with Crippen LogP contribution in [0.1, 0.15) is 36.1 Å². The Bertz CT molecular complexity index is 423. The molecule has 1 saturated carbocycles. The van der Waals surface area contributed by atoms with Gasteiger partial charge in [0.2, 0.25) is 0 Å². The predicted molar refractivity (Wildman–Crippen MR) is 76.6 cm³/mol. The van der Waals surface area contributed by atoms with Gasteiger partial charge in [0.15, 0.2) is 0 Å². The number of aliphatic hydroxyl groups is 1. The summed E-state index contributed by atoms with van der Waals surface area (Å²) in [5.74, 6) is 6.55. The summed E-state index contributed by atoms with van der Waals surface area (Å²) in [5.41, 5.74) is 1.03. The lowest BCUT2D eigenvalue weighted by Crippen LogP contribution is -2.23. The van der Waals surface area contributed by atoms with Crippen molar-refractivity contribution in [3.63, 3.8) is 0 Å². The first-order chi connectivity index (χ1) is 8.78. The number of thiophene rings is 1. The maximum atomic E-state index is 8.66. The molecule has 98 valence electrons. The Balaban J connectivity index is 1.82. The molecule has 1 N–H and O–H groups in total. The van der Waals surface area contributed by atoms with Gasteiger partial charge in [0, 0.05) is 28.9 Å². The molecule has 0 atom stereocenters. The molecule has 2 rings (SSSR count). The molecule has 2 nitrogen and oxygen atoms in total. The van der Waals surface area contributed by atoms with Crippen LogP contribution >= 0.6 is 11.3 Å². The van der Waals surface area contributed by atoms with Crippen molar-refractivity contribution >= 4 is 11.3 Å². The van der Waals surface area contributed by atoms with Crippen molar-refractivity contribution < 1.29 is 5.11 Å². The summed E-state index contributed by atoms with van der Waals surface area (Å²) in [4.78, 5) is 3.78. The molecular formula is C15H21NOS. The SMILES string of the molecule is CN(Cc1cc(C#CCO)cs1)CC1CCCC1. The predicted octanol–water partition coefficient (Wildman–Crippen LogP) is 2.71. The molecule has 1 aromatic rings. The number of rotatable bonds is 4. The van der Waals surface area contributed by atoms with Gasteiger partial charge in [-0.25, -0.2) is 0 Å². The van der Waals surface area contributed by atoms with Crippen LogP contribution in [0.15, 0.2) is 11.4 Å². The Morgan fingerprint density at radius 1 is 1.44 bits per heavy atom. The van der Waals surface area contributed by atoms with Crippen LogP contribution in [0.25, 0.3) is 0 Å². The second-order valence-electron chi connectivity index (χ2n) is 5.11. The molecule has 3 heteroatoms. The van der Waals surface area contributed by atoms with Crippen LogP contribution in [0.3, 0.4) is 0 Å². The average molecular weight is 263 g/mol. The lowest BCUT2D eigenvalue weighted by molar-refractivity contribution is 0.273. The van der Waals surface area contributed by atoms with Crippen LogP contribution < -0.4 is 0 Å². The van der Waals surface area contributed by atoms with E-state index in [0.717, 1.165) is 18.0 Å². The summed E-state index contributed by atoms with van der Waals surface area (Å²) in [6.45, 7) is 2.17. The van der Waals surface area contributed by atoms with Gasteiger partial charge in [-0.15, -0.1) is 11.3 Å². The number of hydrogen-bond donors (Lipinski definition) is 1. The maximum absolute atomic E-state index is 8.66. The van der Waals surface area contributed by atoms with E-state index in [-0.39, 0.29) is 6.61 Å². The lowest BCUT2D eigenvalue weighted by atomic mass is 10.1. The normalized spacial score (nSPS) is 15.9. The molecule has 1 aliphatic rings. The molecule has 1 heterocycles. The monoisotopic (exact) mass is 263 g/mol. The molecule has 0 aromatic carbocycles. The Labute approximate surface area is 114 Å². The number of aliphatic hydroxyl groups excluding tert-OH is 1. The average Bonchev–Trinajstić information content (AvgIpc) is 2.98. The van der Waals surface area contributed by atoms with E-state index in [1.165, 1.54) is 37.1 Å². The van der Waals surface area contributed by atoms with E-state index in [4.69, 9.17) is 5.11 Å². The van der Waals surface area contributed by atoms with Crippen molar-refractivity contribution in [2.24, 2.45) is 5.92 Å². The van der Waals surface area contributed by atoms with E-state index in [0.29, 0.717) is 0 Å². The molecule has 1 aromatic heterocycles. The van der Waals surface area contributed by atoms with Crippen molar-refractivity contribution in [2.45, 2.75) is 32.2 Å². The van der Waals surface area contributed by atoms with Crippen molar-refractivity contribution in [2.75, 3.05) is 20.2 Å². The van der Waals surface area contributed by atoms with Crippen LogP contribution in [0.5, 0.6) is 0 Å². The van der Waals surface area contributed by atoms with Gasteiger partial charge in [-0.2, -0.15) is 0 Å². The van der Waals surface area contributed by atoms with Crippen LogP contribution in [0, 0.1) is 17.8 Å². The minimum Gasteiger partial charge on any atom is -0.384 e. The Morgan fingerprint density at radius 3 is 2.94 bits per heavy atom. The third-order valence-electron chi connectivity index (χ3n) is 3.44. The second kappa shape index (κ2) is 6.94. The van der Waals surface area contributed by atoms with Crippen LogP contribution in [0.2, 0.25) is 0 Å². The Kier molecular flexibility index (Phi) is 5.25. The minimum absolute atomic E-state index is 0.0627. The molecule has 0 radical (unpaired) electrons. The Hall–Kier alpha value is -0.820. The fourth-order valence-corrected chi connectivity index (χ4v) is 3.53. The highest BCUT2D eigenvalue weighted by atomic mass is 32.1. The van der Waals surface area contributed by atoms with Gasteiger partial charge < -0.3 is 10.0 Å². The lowest BCUT2D eigenvalue weighted by Gasteiger charge is -2.19. The zero-order valence-corrected chi connectivity index (χ0v) is 11.8. The fourth-order valence-electron chi connectivity index (χ4n) is 2.63. The number of nitrogens with zero attached hydrogens (tertiary/aromatic N) is 1. The van der Waals surface area contributed by atoms with Gasteiger partial charge in [0.05, 0.1) is 0 Å². The second-order valence-corrected chi connectivity index (χ2v) is 6.10. The largest absolute Gasteiger partial charge is 0.384 e. The molecule has 1 aliphatic carbocycles. The smallest absolute Gasteiger partial charge is 0.104 e. The van der Waals surface area contributed by atoms with Gasteiger partial charge in [0.1, 0.15) is 6.61 Å². The van der Waals surface area contributed by atoms with Gasteiger partial charge in [-0.1, -0.05) is 24.7 Å². The molecule has 18 heavy (non-hydrogen) atoms. The van der Waals surface area contributed by atoms with Crippen molar-refractivity contribution in [3.8, 4) is 11.8 Å². The maximum Gasteiger partial charge on any atom is 0.104 e. The molecule has 0 saturated heterocycles. The first-order valence-electron chi connectivity index (χ1n) is 6.63. The highest BCUT2D eigenvalue weighted by Gasteiger charge is 2.16. The summed E-state index contributed by atoms with van der Waals surface area (Å²) < 4.78 is 0. The summed E-state index contributed by atoms with van der Waals surface area (Å²) in [5, 5.41) is 10.7. The molecule has 0 amide bonds. The Morgan fingerprint density at radius 2 is 2.22 bits per heavy atom. The fraction of sp³-hybridized carbons (Fsp3) is 0.600. The van der Waals surface area contributed by atoms with E-state index < -0.39 is 0 Å². The molecule has 0 aliphatic heterocycles. The standard InChI is InChI=1S/C15H21NOS/c1-16(10-13-5-2-3-6-13)11-15-9-14(12-18-15)7-4-8-17/h9,12-13,17H,2-3,5-6,8,10-11H2,1H3. The third-order valence-corrected chi connectivity index (χ3v) is 4.36. The number of hydrogen-bond acceptors (Lipinski definition) is 3. The molecule has 0 spiro atoms. The topological polar surface area (TPSA) is 23.5 Å². The van der Waals surface area contributed by atoms with E-state index in [9.17, 15) is 0 Å². The van der Waals surface area contributed by atoms with Gasteiger partial charge >= 0.3 is 0 Å². The van der Waals surface area contributed by atoms with Crippen LogP contribution in [-0.4, -0.2) is 30.2 Å². The summed E-state index contributed by atoms with van der Waals surface area (Å²) >= 11 is 1.76. The molecular weight excluding hydrogens is 242 g/mol. The molecule has 0 bridgehead atoms. The van der Waals surface area contributed by atoms with E-state index in [2.05, 4.69) is 35.2 Å². The quantitative estimate of drug-likeness (QED) is 0.844. The van der Waals surface area contributed by atoms with Gasteiger partial charge in [-0.3, -0.25) is 0 Å². The summed E-state index contributed by atoms with van der Waals surface area (Å²) in [7, 11) is 2.21.